The number of aromatic nitrogens is 3. The summed E-state index contributed by atoms with van der Waals surface area (Å²) in [4.78, 5) is 29.3. The first kappa shape index (κ1) is 19.3. The minimum absolute atomic E-state index is 0.338. The number of hydrogen-bond donors (Lipinski definition) is 1. The number of methoxy groups -OCH3 is 1. The standard InChI is InChI=1S/C21H22N4O3/c1-4-19(20(26)23-16-6-5-7-17(12-16)28-3)25-21(27)24-18(13-22-25)15-10-8-14(2)9-11-15/h5-13,19H,4H2,1-3H3,(H,23,26). The highest BCUT2D eigenvalue weighted by Gasteiger charge is 2.22. The van der Waals surface area contributed by atoms with Crippen LogP contribution in [0.5, 0.6) is 5.75 Å². The SMILES string of the molecule is CCC(C(=O)Nc1cccc(OC)c1)n1ncc(-c2ccc(C)cc2)nc1=O. The molecule has 28 heavy (non-hydrogen) atoms. The van der Waals surface area contributed by atoms with Crippen LogP contribution in [0.15, 0.2) is 59.5 Å². The molecule has 0 aliphatic heterocycles. The van der Waals surface area contributed by atoms with E-state index in [-0.39, 0.29) is 5.91 Å². The highest BCUT2D eigenvalue weighted by molar-refractivity contribution is 5.93. The maximum absolute atomic E-state index is 12.7. The largest absolute Gasteiger partial charge is 0.497 e. The minimum Gasteiger partial charge on any atom is -0.497 e. The molecular weight excluding hydrogens is 356 g/mol. The van der Waals surface area contributed by atoms with Crippen molar-refractivity contribution in [1.82, 2.24) is 14.8 Å². The van der Waals surface area contributed by atoms with Crippen LogP contribution < -0.4 is 15.7 Å². The Kier molecular flexibility index (Phi) is 5.84. The van der Waals surface area contributed by atoms with Gasteiger partial charge < -0.3 is 10.1 Å². The van der Waals surface area contributed by atoms with E-state index < -0.39 is 11.7 Å². The molecule has 2 aromatic carbocycles. The number of nitrogens with zero attached hydrogens (tertiary/aromatic N) is 3. The van der Waals surface area contributed by atoms with Crippen molar-refractivity contribution >= 4 is 11.6 Å². The molecule has 3 rings (SSSR count). The van der Waals surface area contributed by atoms with Crippen LogP contribution >= 0.6 is 0 Å². The third-order valence-electron chi connectivity index (χ3n) is 4.39. The van der Waals surface area contributed by atoms with Crippen LogP contribution in [0, 0.1) is 6.92 Å². The Hall–Kier alpha value is -3.48. The lowest BCUT2D eigenvalue weighted by molar-refractivity contribution is -0.119. The van der Waals surface area contributed by atoms with E-state index >= 15 is 0 Å². The summed E-state index contributed by atoms with van der Waals surface area (Å²) in [6.07, 6.45) is 1.90. The van der Waals surface area contributed by atoms with E-state index in [2.05, 4.69) is 15.4 Å². The highest BCUT2D eigenvalue weighted by atomic mass is 16.5. The number of benzene rings is 2. The monoisotopic (exact) mass is 378 g/mol. The molecule has 144 valence electrons. The molecule has 0 radical (unpaired) electrons. The maximum Gasteiger partial charge on any atom is 0.365 e. The number of amides is 1. The van der Waals surface area contributed by atoms with Crippen molar-refractivity contribution in [1.29, 1.82) is 0 Å². The Morgan fingerprint density at radius 3 is 2.61 bits per heavy atom. The Morgan fingerprint density at radius 2 is 1.96 bits per heavy atom. The van der Waals surface area contributed by atoms with E-state index in [1.807, 2.05) is 38.1 Å². The first-order chi connectivity index (χ1) is 13.5. The number of carbonyl (C=O) groups is 1. The summed E-state index contributed by atoms with van der Waals surface area (Å²) in [6.45, 7) is 3.80. The van der Waals surface area contributed by atoms with E-state index in [1.165, 1.54) is 6.20 Å². The average molecular weight is 378 g/mol. The second kappa shape index (κ2) is 8.47. The van der Waals surface area contributed by atoms with Crippen molar-refractivity contribution in [2.75, 3.05) is 12.4 Å². The number of aryl methyl sites for hydroxylation is 1. The molecule has 0 saturated carbocycles. The fourth-order valence-corrected chi connectivity index (χ4v) is 2.82. The molecular formula is C21H22N4O3. The Balaban J connectivity index is 1.84. The zero-order chi connectivity index (χ0) is 20.1. The van der Waals surface area contributed by atoms with Crippen molar-refractivity contribution in [3.8, 4) is 17.0 Å². The van der Waals surface area contributed by atoms with Crippen LogP contribution in [0.3, 0.4) is 0 Å². The fraction of sp³-hybridized carbons (Fsp3) is 0.238. The summed E-state index contributed by atoms with van der Waals surface area (Å²) in [7, 11) is 1.56. The van der Waals surface area contributed by atoms with Crippen molar-refractivity contribution < 1.29 is 9.53 Å². The molecule has 1 heterocycles. The predicted octanol–water partition coefficient (Wildman–Crippen LogP) is 3.21. The molecule has 1 N–H and O–H groups in total. The molecule has 0 spiro atoms. The molecule has 7 heteroatoms. The molecule has 0 saturated heterocycles. The third kappa shape index (κ3) is 4.25. The van der Waals surface area contributed by atoms with Gasteiger partial charge in [-0.3, -0.25) is 4.79 Å². The fourth-order valence-electron chi connectivity index (χ4n) is 2.82. The van der Waals surface area contributed by atoms with Crippen molar-refractivity contribution in [3.05, 3.63) is 70.8 Å². The van der Waals surface area contributed by atoms with Gasteiger partial charge in [0.2, 0.25) is 5.91 Å². The molecule has 0 fully saturated rings. The zero-order valence-corrected chi connectivity index (χ0v) is 16.0. The van der Waals surface area contributed by atoms with E-state index in [9.17, 15) is 9.59 Å². The van der Waals surface area contributed by atoms with Gasteiger partial charge in [-0.05, 0) is 25.5 Å². The maximum atomic E-state index is 12.7. The second-order valence-electron chi connectivity index (χ2n) is 6.38. The quantitative estimate of drug-likeness (QED) is 0.712. The van der Waals surface area contributed by atoms with Gasteiger partial charge >= 0.3 is 5.69 Å². The van der Waals surface area contributed by atoms with Crippen LogP contribution in [-0.4, -0.2) is 27.8 Å². The van der Waals surface area contributed by atoms with Gasteiger partial charge in [0.05, 0.1) is 19.0 Å². The van der Waals surface area contributed by atoms with E-state index in [0.717, 1.165) is 15.8 Å². The lowest BCUT2D eigenvalue weighted by Gasteiger charge is -2.16. The van der Waals surface area contributed by atoms with E-state index in [4.69, 9.17) is 4.74 Å². The summed E-state index contributed by atoms with van der Waals surface area (Å²) in [6, 6.07) is 13.9. The Bertz CT molecular complexity index is 1030. The molecule has 0 bridgehead atoms. The number of nitrogens with one attached hydrogen (secondary N) is 1. The third-order valence-corrected chi connectivity index (χ3v) is 4.39. The topological polar surface area (TPSA) is 86.1 Å². The lowest BCUT2D eigenvalue weighted by atomic mass is 10.1. The van der Waals surface area contributed by atoms with Crippen molar-refractivity contribution in [2.45, 2.75) is 26.3 Å². The predicted molar refractivity (Wildman–Crippen MR) is 107 cm³/mol. The highest BCUT2D eigenvalue weighted by Crippen LogP contribution is 2.19. The molecule has 0 aliphatic rings. The summed E-state index contributed by atoms with van der Waals surface area (Å²) in [5, 5.41) is 7.00. The van der Waals surface area contributed by atoms with Gasteiger partial charge in [0.1, 0.15) is 11.8 Å². The van der Waals surface area contributed by atoms with Gasteiger partial charge in [-0.1, -0.05) is 42.8 Å². The van der Waals surface area contributed by atoms with Crippen LogP contribution in [0.4, 0.5) is 5.69 Å². The molecule has 1 aromatic heterocycles. The van der Waals surface area contributed by atoms with Crippen molar-refractivity contribution in [3.63, 3.8) is 0 Å². The van der Waals surface area contributed by atoms with Gasteiger partial charge in [-0.25, -0.2) is 9.48 Å². The van der Waals surface area contributed by atoms with Crippen LogP contribution in [-0.2, 0) is 4.79 Å². The number of carbonyl (C=O) groups excluding carboxylic acids is 1. The van der Waals surface area contributed by atoms with Gasteiger partial charge in [-0.15, -0.1) is 0 Å². The van der Waals surface area contributed by atoms with Gasteiger partial charge in [0.15, 0.2) is 0 Å². The first-order valence-corrected chi connectivity index (χ1v) is 8.99. The van der Waals surface area contributed by atoms with Gasteiger partial charge in [-0.2, -0.15) is 10.1 Å². The van der Waals surface area contributed by atoms with E-state index in [1.54, 1.807) is 31.4 Å². The Morgan fingerprint density at radius 1 is 1.21 bits per heavy atom. The van der Waals surface area contributed by atoms with Crippen LogP contribution in [0.25, 0.3) is 11.3 Å². The molecule has 1 amide bonds. The number of hydrogen-bond acceptors (Lipinski definition) is 5. The van der Waals surface area contributed by atoms with Crippen LogP contribution in [0.2, 0.25) is 0 Å². The summed E-state index contributed by atoms with van der Waals surface area (Å²) >= 11 is 0. The lowest BCUT2D eigenvalue weighted by Crippen LogP contribution is -2.36. The van der Waals surface area contributed by atoms with Gasteiger partial charge in [0, 0.05) is 17.3 Å². The number of ether oxygens (including phenoxy) is 1. The summed E-state index contributed by atoms with van der Waals surface area (Å²) < 4.78 is 6.28. The molecule has 0 aliphatic carbocycles. The van der Waals surface area contributed by atoms with Crippen LogP contribution in [0.1, 0.15) is 24.9 Å². The number of rotatable bonds is 6. The molecule has 1 unspecified atom stereocenters. The summed E-state index contributed by atoms with van der Waals surface area (Å²) in [5.74, 6) is 0.292. The minimum atomic E-state index is -0.765. The van der Waals surface area contributed by atoms with Gasteiger partial charge in [0.25, 0.3) is 0 Å². The average Bonchev–Trinajstić information content (AvgIpc) is 2.70. The first-order valence-electron chi connectivity index (χ1n) is 8.99. The normalized spacial score (nSPS) is 11.7. The summed E-state index contributed by atoms with van der Waals surface area (Å²) in [5.41, 5.74) is 2.41. The smallest absolute Gasteiger partial charge is 0.365 e. The Labute approximate surface area is 163 Å². The molecule has 3 aromatic rings. The second-order valence-corrected chi connectivity index (χ2v) is 6.38. The van der Waals surface area contributed by atoms with E-state index in [0.29, 0.717) is 23.6 Å². The molecule has 1 atom stereocenters. The zero-order valence-electron chi connectivity index (χ0n) is 16.0. The molecule has 7 nitrogen and oxygen atoms in total. The van der Waals surface area contributed by atoms with Crippen molar-refractivity contribution in [2.24, 2.45) is 0 Å². The number of anilines is 1.